The Labute approximate surface area is 126 Å². The number of alkyl halides is 6. The van der Waals surface area contributed by atoms with Crippen LogP contribution in [0.5, 0.6) is 0 Å². The molecular formula is C13H14BrF6N. The van der Waals surface area contributed by atoms with Crippen molar-refractivity contribution >= 4 is 15.9 Å². The predicted octanol–water partition coefficient (Wildman–Crippen LogP) is 5.46. The van der Waals surface area contributed by atoms with E-state index in [1.807, 2.05) is 0 Å². The summed E-state index contributed by atoms with van der Waals surface area (Å²) in [7, 11) is 1.50. The van der Waals surface area contributed by atoms with Crippen LogP contribution in [0.25, 0.3) is 0 Å². The molecule has 0 saturated heterocycles. The number of hydrogen-bond donors (Lipinski definition) is 1. The lowest BCUT2D eigenvalue weighted by molar-refractivity contribution is -0.137. The minimum Gasteiger partial charge on any atom is -0.313 e. The smallest absolute Gasteiger partial charge is 0.313 e. The van der Waals surface area contributed by atoms with Gasteiger partial charge in [0.05, 0.1) is 5.56 Å². The lowest BCUT2D eigenvalue weighted by Crippen LogP contribution is -2.19. The molecule has 0 heterocycles. The van der Waals surface area contributed by atoms with Gasteiger partial charge >= 0.3 is 12.4 Å². The maximum atomic E-state index is 12.7. The highest BCUT2D eigenvalue weighted by atomic mass is 79.9. The van der Waals surface area contributed by atoms with Crippen molar-refractivity contribution in [2.75, 3.05) is 7.05 Å². The Kier molecular flexibility index (Phi) is 6.10. The van der Waals surface area contributed by atoms with Crippen molar-refractivity contribution in [1.82, 2.24) is 5.32 Å². The van der Waals surface area contributed by atoms with E-state index in [-0.39, 0.29) is 12.8 Å². The van der Waals surface area contributed by atoms with E-state index >= 15 is 0 Å². The summed E-state index contributed by atoms with van der Waals surface area (Å²) in [6.07, 6.45) is -9.77. The zero-order valence-corrected chi connectivity index (χ0v) is 12.7. The van der Waals surface area contributed by atoms with Gasteiger partial charge in [-0.05, 0) is 43.7 Å². The Morgan fingerprint density at radius 2 is 1.76 bits per heavy atom. The standard InChI is InChI=1S/C13H14BrF6N/c1-21-11(3-2-6-12(15,16)17)9-7-8(13(18,19)20)4-5-10(9)14/h4-5,7,11,21H,2-3,6H2,1H3. The predicted molar refractivity (Wildman–Crippen MR) is 70.9 cm³/mol. The number of rotatable bonds is 5. The Balaban J connectivity index is 2.89. The van der Waals surface area contributed by atoms with Crippen LogP contribution in [0, 0.1) is 0 Å². The second kappa shape index (κ2) is 7.00. The van der Waals surface area contributed by atoms with E-state index < -0.39 is 30.4 Å². The fraction of sp³-hybridized carbons (Fsp3) is 0.538. The first-order valence-electron chi connectivity index (χ1n) is 6.15. The second-order valence-corrected chi connectivity index (χ2v) is 5.44. The summed E-state index contributed by atoms with van der Waals surface area (Å²) in [6.45, 7) is 0. The summed E-state index contributed by atoms with van der Waals surface area (Å²) in [6, 6.07) is 2.56. The Bertz CT molecular complexity index is 469. The van der Waals surface area contributed by atoms with E-state index in [0.717, 1.165) is 12.1 Å². The van der Waals surface area contributed by atoms with Gasteiger partial charge in [-0.25, -0.2) is 0 Å². The third kappa shape index (κ3) is 5.86. The van der Waals surface area contributed by atoms with E-state index in [4.69, 9.17) is 0 Å². The van der Waals surface area contributed by atoms with Crippen molar-refractivity contribution in [3.05, 3.63) is 33.8 Å². The molecule has 0 fully saturated rings. The third-order valence-electron chi connectivity index (χ3n) is 3.00. The molecule has 1 N–H and O–H groups in total. The molecule has 0 aliphatic rings. The van der Waals surface area contributed by atoms with Crippen molar-refractivity contribution in [1.29, 1.82) is 0 Å². The third-order valence-corrected chi connectivity index (χ3v) is 3.72. The van der Waals surface area contributed by atoms with Crippen molar-refractivity contribution < 1.29 is 26.3 Å². The number of halogens is 7. The molecule has 0 spiro atoms. The fourth-order valence-electron chi connectivity index (χ4n) is 1.95. The number of nitrogens with one attached hydrogen (secondary N) is 1. The molecule has 8 heteroatoms. The van der Waals surface area contributed by atoms with Gasteiger partial charge in [-0.1, -0.05) is 15.9 Å². The van der Waals surface area contributed by atoms with Crippen LogP contribution in [0.2, 0.25) is 0 Å². The second-order valence-electron chi connectivity index (χ2n) is 4.58. The van der Waals surface area contributed by atoms with Gasteiger partial charge in [0, 0.05) is 16.9 Å². The quantitative estimate of drug-likeness (QED) is 0.671. The van der Waals surface area contributed by atoms with Crippen molar-refractivity contribution in [2.24, 2.45) is 0 Å². The largest absolute Gasteiger partial charge is 0.416 e. The summed E-state index contributed by atoms with van der Waals surface area (Å²) in [5, 5.41) is 2.76. The molecule has 21 heavy (non-hydrogen) atoms. The summed E-state index contributed by atoms with van der Waals surface area (Å²) >= 11 is 3.14. The van der Waals surface area contributed by atoms with Crippen LogP contribution in [0.3, 0.4) is 0 Å². The molecule has 1 aromatic rings. The highest BCUT2D eigenvalue weighted by Crippen LogP contribution is 2.35. The van der Waals surface area contributed by atoms with Crippen molar-refractivity contribution in [2.45, 2.75) is 37.7 Å². The SMILES string of the molecule is CNC(CCCC(F)(F)F)c1cc(C(F)(F)F)ccc1Br. The molecule has 0 aliphatic heterocycles. The molecule has 0 amide bonds. The minimum atomic E-state index is -4.49. The molecule has 1 unspecified atom stereocenters. The Hall–Kier alpha value is -0.760. The molecule has 120 valence electrons. The summed E-state index contributed by atoms with van der Waals surface area (Å²) in [5.74, 6) is 0. The topological polar surface area (TPSA) is 12.0 Å². The molecule has 0 saturated carbocycles. The van der Waals surface area contributed by atoms with Crippen LogP contribution < -0.4 is 5.32 Å². The first-order valence-corrected chi connectivity index (χ1v) is 6.94. The molecule has 1 nitrogen and oxygen atoms in total. The van der Waals surface area contributed by atoms with Crippen LogP contribution in [0.4, 0.5) is 26.3 Å². The average Bonchev–Trinajstić information content (AvgIpc) is 2.33. The van der Waals surface area contributed by atoms with Crippen molar-refractivity contribution in [3.8, 4) is 0 Å². The van der Waals surface area contributed by atoms with Gasteiger partial charge in [0.25, 0.3) is 0 Å². The van der Waals surface area contributed by atoms with Crippen LogP contribution >= 0.6 is 15.9 Å². The van der Waals surface area contributed by atoms with Crippen LogP contribution in [-0.4, -0.2) is 13.2 Å². The van der Waals surface area contributed by atoms with Gasteiger partial charge in [-0.15, -0.1) is 0 Å². The van der Waals surface area contributed by atoms with Crippen LogP contribution in [0.1, 0.15) is 36.4 Å². The lowest BCUT2D eigenvalue weighted by Gasteiger charge is -2.20. The monoisotopic (exact) mass is 377 g/mol. The van der Waals surface area contributed by atoms with E-state index in [1.165, 1.54) is 13.1 Å². The molecule has 0 aromatic heterocycles. The highest BCUT2D eigenvalue weighted by molar-refractivity contribution is 9.10. The van der Waals surface area contributed by atoms with E-state index in [0.29, 0.717) is 10.0 Å². The van der Waals surface area contributed by atoms with Gasteiger partial charge in [0.15, 0.2) is 0 Å². The van der Waals surface area contributed by atoms with Crippen molar-refractivity contribution in [3.63, 3.8) is 0 Å². The molecule has 1 rings (SSSR count). The zero-order chi connectivity index (χ0) is 16.3. The summed E-state index contributed by atoms with van der Waals surface area (Å²) in [5.41, 5.74) is -0.522. The molecule has 1 aromatic carbocycles. The maximum absolute atomic E-state index is 12.7. The van der Waals surface area contributed by atoms with Gasteiger partial charge < -0.3 is 5.32 Å². The molecule has 1 atom stereocenters. The Morgan fingerprint density at radius 3 is 2.24 bits per heavy atom. The molecular weight excluding hydrogens is 364 g/mol. The Morgan fingerprint density at radius 1 is 1.14 bits per heavy atom. The number of benzene rings is 1. The highest BCUT2D eigenvalue weighted by Gasteiger charge is 2.32. The normalized spacial score (nSPS) is 14.3. The number of hydrogen-bond acceptors (Lipinski definition) is 1. The summed E-state index contributed by atoms with van der Waals surface area (Å²) in [4.78, 5) is 0. The molecule has 0 radical (unpaired) electrons. The van der Waals surface area contributed by atoms with Gasteiger partial charge in [0.2, 0.25) is 0 Å². The fourth-order valence-corrected chi connectivity index (χ4v) is 2.47. The van der Waals surface area contributed by atoms with E-state index in [2.05, 4.69) is 21.2 Å². The van der Waals surface area contributed by atoms with E-state index in [9.17, 15) is 26.3 Å². The minimum absolute atomic E-state index is 0.0932. The first kappa shape index (κ1) is 18.3. The lowest BCUT2D eigenvalue weighted by atomic mass is 9.99. The van der Waals surface area contributed by atoms with Gasteiger partial charge in [-0.3, -0.25) is 0 Å². The van der Waals surface area contributed by atoms with E-state index in [1.54, 1.807) is 0 Å². The molecule has 0 aliphatic carbocycles. The molecule has 0 bridgehead atoms. The summed E-state index contributed by atoms with van der Waals surface area (Å²) < 4.78 is 74.9. The van der Waals surface area contributed by atoms with Gasteiger partial charge in [-0.2, -0.15) is 26.3 Å². The maximum Gasteiger partial charge on any atom is 0.416 e. The van der Waals surface area contributed by atoms with Gasteiger partial charge in [0.1, 0.15) is 0 Å². The van der Waals surface area contributed by atoms with Crippen LogP contribution in [0.15, 0.2) is 22.7 Å². The van der Waals surface area contributed by atoms with Crippen LogP contribution in [-0.2, 0) is 6.18 Å². The first-order chi connectivity index (χ1) is 9.54. The average molecular weight is 378 g/mol. The zero-order valence-electron chi connectivity index (χ0n) is 11.1.